The summed E-state index contributed by atoms with van der Waals surface area (Å²) < 4.78 is 2.32. The third-order valence-corrected chi connectivity index (χ3v) is 3.77. The summed E-state index contributed by atoms with van der Waals surface area (Å²) in [6.45, 7) is 7.94. The molecule has 1 aromatic carbocycles. The lowest BCUT2D eigenvalue weighted by Gasteiger charge is -2.04. The number of unbranched alkanes of at least 4 members (excludes halogenated alkanes) is 1. The van der Waals surface area contributed by atoms with Crippen molar-refractivity contribution >= 4 is 19.0 Å². The van der Waals surface area contributed by atoms with Crippen molar-refractivity contribution in [3.63, 3.8) is 0 Å². The van der Waals surface area contributed by atoms with Crippen LogP contribution in [0.5, 0.6) is 0 Å². The van der Waals surface area contributed by atoms with Gasteiger partial charge in [-0.05, 0) is 23.9 Å². The van der Waals surface area contributed by atoms with E-state index in [4.69, 9.17) is 0 Å². The largest absolute Gasteiger partial charge is 0.347 e. The van der Waals surface area contributed by atoms with Crippen LogP contribution in [-0.4, -0.2) is 12.6 Å². The predicted octanol–water partition coefficient (Wildman–Crippen LogP) is 4.30. The summed E-state index contributed by atoms with van der Waals surface area (Å²) >= 11 is 0. The highest BCUT2D eigenvalue weighted by atomic mass is 28.3. The average molecular weight is 255 g/mol. The van der Waals surface area contributed by atoms with E-state index < -0.39 is 8.07 Å². The van der Waals surface area contributed by atoms with Crippen LogP contribution in [-0.2, 0) is 6.54 Å². The minimum atomic E-state index is -1.19. The quantitative estimate of drug-likeness (QED) is 0.438. The highest BCUT2D eigenvalue weighted by Gasteiger charge is 2.06. The van der Waals surface area contributed by atoms with Gasteiger partial charge in [0, 0.05) is 24.7 Å². The zero-order valence-electron chi connectivity index (χ0n) is 11.5. The van der Waals surface area contributed by atoms with Crippen LogP contribution >= 0.6 is 0 Å². The maximum absolute atomic E-state index is 3.42. The molecule has 18 heavy (non-hydrogen) atoms. The van der Waals surface area contributed by atoms with Crippen molar-refractivity contribution < 1.29 is 0 Å². The van der Waals surface area contributed by atoms with Gasteiger partial charge in [-0.3, -0.25) is 0 Å². The molecule has 0 unspecified atom stereocenters. The topological polar surface area (TPSA) is 4.93 Å². The fraction of sp³-hybridized carbons (Fsp3) is 0.375. The Morgan fingerprint density at radius 2 is 1.89 bits per heavy atom. The lowest BCUT2D eigenvalue weighted by atomic mass is 10.2. The zero-order valence-corrected chi connectivity index (χ0v) is 12.5. The van der Waals surface area contributed by atoms with Gasteiger partial charge in [0.1, 0.15) is 8.07 Å². The summed E-state index contributed by atoms with van der Waals surface area (Å²) in [5.74, 6) is 3.33. The van der Waals surface area contributed by atoms with Crippen molar-refractivity contribution in [3.05, 3.63) is 36.5 Å². The highest BCUT2D eigenvalue weighted by Crippen LogP contribution is 2.15. The van der Waals surface area contributed by atoms with Gasteiger partial charge in [0.25, 0.3) is 0 Å². The van der Waals surface area contributed by atoms with Crippen molar-refractivity contribution in [2.75, 3.05) is 0 Å². The third-order valence-electron chi connectivity index (χ3n) is 2.84. The Morgan fingerprint density at radius 1 is 1.11 bits per heavy atom. The van der Waals surface area contributed by atoms with Crippen LogP contribution in [0.3, 0.4) is 0 Å². The van der Waals surface area contributed by atoms with E-state index in [0.29, 0.717) is 0 Å². The molecule has 0 bridgehead atoms. The van der Waals surface area contributed by atoms with E-state index in [2.05, 4.69) is 72.2 Å². The number of hydrogen-bond donors (Lipinski definition) is 0. The van der Waals surface area contributed by atoms with Gasteiger partial charge in [-0.1, -0.05) is 37.8 Å². The summed E-state index contributed by atoms with van der Waals surface area (Å²) in [7, 11) is -1.19. The Kier molecular flexibility index (Phi) is 3.93. The average Bonchev–Trinajstić information content (AvgIpc) is 2.71. The van der Waals surface area contributed by atoms with Crippen LogP contribution < -0.4 is 0 Å². The second kappa shape index (κ2) is 5.45. The van der Waals surface area contributed by atoms with Crippen molar-refractivity contribution in [3.8, 4) is 11.5 Å². The molecule has 0 aliphatic carbocycles. The minimum Gasteiger partial charge on any atom is -0.347 e. The smallest absolute Gasteiger partial charge is 0.129 e. The fourth-order valence-electron chi connectivity index (χ4n) is 2.00. The molecule has 2 aromatic rings. The molecule has 0 radical (unpaired) electrons. The van der Waals surface area contributed by atoms with Crippen LogP contribution in [0, 0.1) is 11.5 Å². The molecule has 2 rings (SSSR count). The van der Waals surface area contributed by atoms with Crippen molar-refractivity contribution in [1.29, 1.82) is 0 Å². The monoisotopic (exact) mass is 255 g/mol. The number of para-hydroxylation sites is 1. The molecule has 0 amide bonds. The molecule has 0 aliphatic rings. The Morgan fingerprint density at radius 3 is 2.67 bits per heavy atom. The number of aromatic nitrogens is 1. The Bertz CT molecular complexity index is 578. The van der Waals surface area contributed by atoms with Gasteiger partial charge in [-0.2, -0.15) is 0 Å². The molecule has 0 N–H and O–H groups in total. The summed E-state index contributed by atoms with van der Waals surface area (Å²) in [6.07, 6.45) is 4.32. The summed E-state index contributed by atoms with van der Waals surface area (Å²) in [6, 6.07) is 10.7. The lowest BCUT2D eigenvalue weighted by Crippen LogP contribution is -2.16. The first-order valence-corrected chi connectivity index (χ1v) is 10.1. The fourth-order valence-corrected chi connectivity index (χ4v) is 2.66. The van der Waals surface area contributed by atoms with Gasteiger partial charge in [0.15, 0.2) is 0 Å². The molecule has 0 atom stereocenters. The molecule has 1 nitrogen and oxygen atoms in total. The van der Waals surface area contributed by atoms with Gasteiger partial charge in [-0.25, -0.2) is 0 Å². The molecule has 0 aliphatic heterocycles. The van der Waals surface area contributed by atoms with E-state index in [9.17, 15) is 0 Å². The van der Waals surface area contributed by atoms with Crippen LogP contribution in [0.2, 0.25) is 19.6 Å². The minimum absolute atomic E-state index is 1.01. The molecule has 0 spiro atoms. The van der Waals surface area contributed by atoms with E-state index >= 15 is 0 Å². The number of nitrogens with zero attached hydrogens (tertiary/aromatic N) is 1. The predicted molar refractivity (Wildman–Crippen MR) is 82.3 cm³/mol. The highest BCUT2D eigenvalue weighted by molar-refractivity contribution is 6.83. The van der Waals surface area contributed by atoms with Crippen LogP contribution in [0.25, 0.3) is 10.9 Å². The summed E-state index contributed by atoms with van der Waals surface area (Å²) in [4.78, 5) is 0. The second-order valence-electron chi connectivity index (χ2n) is 5.72. The number of aryl methyl sites for hydroxylation is 1. The maximum Gasteiger partial charge on any atom is 0.129 e. The van der Waals surface area contributed by atoms with Gasteiger partial charge in [-0.15, -0.1) is 11.5 Å². The molecule has 1 aromatic heterocycles. The van der Waals surface area contributed by atoms with Crippen molar-refractivity contribution in [2.45, 2.75) is 39.0 Å². The molecule has 0 saturated carbocycles. The zero-order chi connectivity index (χ0) is 13.0. The second-order valence-corrected chi connectivity index (χ2v) is 10.5. The number of rotatable bonds is 3. The number of fused-ring (bicyclic) bond motifs is 1. The standard InChI is InChI=1S/C16H21NSi/c1-18(2,3)14-8-4-7-12-17-13-11-15-9-5-6-10-16(15)17/h5-6,9-11,13H,4,7,12H2,1-3H3. The van der Waals surface area contributed by atoms with Gasteiger partial charge in [0.2, 0.25) is 0 Å². The van der Waals surface area contributed by atoms with Gasteiger partial charge >= 0.3 is 0 Å². The maximum atomic E-state index is 3.42. The molecule has 1 heterocycles. The molecule has 0 fully saturated rings. The Labute approximate surface area is 111 Å². The van der Waals surface area contributed by atoms with E-state index in [1.165, 1.54) is 10.9 Å². The van der Waals surface area contributed by atoms with Crippen LogP contribution in [0.15, 0.2) is 36.5 Å². The van der Waals surface area contributed by atoms with E-state index in [1.807, 2.05) is 0 Å². The lowest BCUT2D eigenvalue weighted by molar-refractivity contribution is 0.677. The van der Waals surface area contributed by atoms with E-state index in [1.54, 1.807) is 0 Å². The van der Waals surface area contributed by atoms with Crippen molar-refractivity contribution in [2.24, 2.45) is 0 Å². The van der Waals surface area contributed by atoms with Gasteiger partial charge in [0.05, 0.1) is 0 Å². The number of hydrogen-bond acceptors (Lipinski definition) is 0. The third kappa shape index (κ3) is 3.51. The summed E-state index contributed by atoms with van der Waals surface area (Å²) in [5, 5.41) is 1.32. The first-order chi connectivity index (χ1) is 8.56. The van der Waals surface area contributed by atoms with Crippen molar-refractivity contribution in [1.82, 2.24) is 4.57 Å². The first kappa shape index (κ1) is 13.0. The molecule has 94 valence electrons. The normalized spacial score (nSPS) is 11.3. The Hall–Kier alpha value is -1.46. The van der Waals surface area contributed by atoms with Crippen LogP contribution in [0.4, 0.5) is 0 Å². The molecule has 2 heteroatoms. The van der Waals surface area contributed by atoms with E-state index in [-0.39, 0.29) is 0 Å². The molecular weight excluding hydrogens is 234 g/mol. The SMILES string of the molecule is C[Si](C)(C)C#CCCCn1ccc2ccccc21. The van der Waals surface area contributed by atoms with Crippen LogP contribution in [0.1, 0.15) is 12.8 Å². The van der Waals surface area contributed by atoms with E-state index in [0.717, 1.165) is 19.4 Å². The molecular formula is C16H21NSi. The first-order valence-electron chi connectivity index (χ1n) is 6.60. The molecule has 0 saturated heterocycles. The van der Waals surface area contributed by atoms with Gasteiger partial charge < -0.3 is 4.57 Å². The summed E-state index contributed by atoms with van der Waals surface area (Å²) in [5.41, 5.74) is 4.75. The Balaban J connectivity index is 1.93. The number of benzene rings is 1.